The van der Waals surface area contributed by atoms with Crippen LogP contribution in [0.1, 0.15) is 24.2 Å². The highest BCUT2D eigenvalue weighted by atomic mass is 19.1. The number of hydrogen-bond donors (Lipinski definition) is 1. The monoisotopic (exact) mass is 225 g/mol. The fourth-order valence-electron chi connectivity index (χ4n) is 1.37. The maximum atomic E-state index is 13.7. The maximum Gasteiger partial charge on any atom is 0.159 e. The largest absolute Gasteiger partial charge is 0.394 e. The Morgan fingerprint density at radius 2 is 2.19 bits per heavy atom. The van der Waals surface area contributed by atoms with E-state index in [0.29, 0.717) is 11.3 Å². The molecule has 0 heterocycles. The number of halogens is 1. The number of hydrogen-bond acceptors (Lipinski definition) is 3. The predicted octanol–water partition coefficient (Wildman–Crippen LogP) is 1.85. The summed E-state index contributed by atoms with van der Waals surface area (Å²) >= 11 is 0. The van der Waals surface area contributed by atoms with Crippen LogP contribution in [0.5, 0.6) is 0 Å². The van der Waals surface area contributed by atoms with E-state index in [-0.39, 0.29) is 18.4 Å². The topological polar surface area (TPSA) is 40.5 Å². The van der Waals surface area contributed by atoms with E-state index >= 15 is 0 Å². The standard InChI is InChI=1S/C12H16FNO2/c1-8(7-15)14(3)12-5-4-10(9(2)16)6-11(12)13/h4-6,8,15H,7H2,1-3H3. The highest BCUT2D eigenvalue weighted by Gasteiger charge is 2.14. The zero-order valence-corrected chi connectivity index (χ0v) is 9.70. The van der Waals surface area contributed by atoms with Gasteiger partial charge in [-0.3, -0.25) is 4.79 Å². The number of carbonyl (C=O) groups is 1. The SMILES string of the molecule is CC(=O)c1ccc(N(C)C(C)CO)c(F)c1. The van der Waals surface area contributed by atoms with Crippen LogP contribution in [-0.2, 0) is 0 Å². The van der Waals surface area contributed by atoms with Gasteiger partial charge < -0.3 is 10.0 Å². The molecule has 88 valence electrons. The minimum atomic E-state index is -0.449. The summed E-state index contributed by atoms with van der Waals surface area (Å²) in [6, 6.07) is 4.19. The summed E-state index contributed by atoms with van der Waals surface area (Å²) < 4.78 is 13.7. The fraction of sp³-hybridized carbons (Fsp3) is 0.417. The van der Waals surface area contributed by atoms with Gasteiger partial charge in [-0.05, 0) is 32.0 Å². The number of aliphatic hydroxyl groups excluding tert-OH is 1. The van der Waals surface area contributed by atoms with Crippen molar-refractivity contribution in [3.05, 3.63) is 29.6 Å². The molecule has 1 unspecified atom stereocenters. The normalized spacial score (nSPS) is 12.3. The van der Waals surface area contributed by atoms with Crippen molar-refractivity contribution >= 4 is 11.5 Å². The summed E-state index contributed by atoms with van der Waals surface area (Å²) in [5, 5.41) is 8.98. The van der Waals surface area contributed by atoms with Gasteiger partial charge >= 0.3 is 0 Å². The van der Waals surface area contributed by atoms with Crippen molar-refractivity contribution in [2.45, 2.75) is 19.9 Å². The third kappa shape index (κ3) is 2.58. The summed E-state index contributed by atoms with van der Waals surface area (Å²) in [5.74, 6) is -0.612. The third-order valence-electron chi connectivity index (χ3n) is 2.66. The molecule has 1 aromatic carbocycles. The first-order valence-electron chi connectivity index (χ1n) is 5.11. The predicted molar refractivity (Wildman–Crippen MR) is 61.4 cm³/mol. The van der Waals surface area contributed by atoms with E-state index in [1.165, 1.54) is 13.0 Å². The Hall–Kier alpha value is -1.42. The Bertz CT molecular complexity index is 393. The van der Waals surface area contributed by atoms with E-state index in [0.717, 1.165) is 0 Å². The molecule has 0 fully saturated rings. The van der Waals surface area contributed by atoms with Crippen molar-refractivity contribution in [2.75, 3.05) is 18.6 Å². The van der Waals surface area contributed by atoms with Gasteiger partial charge in [0.15, 0.2) is 5.78 Å². The van der Waals surface area contributed by atoms with Crippen LogP contribution >= 0.6 is 0 Å². The van der Waals surface area contributed by atoms with Gasteiger partial charge in [-0.15, -0.1) is 0 Å². The van der Waals surface area contributed by atoms with Gasteiger partial charge in [0.1, 0.15) is 5.82 Å². The lowest BCUT2D eigenvalue weighted by Crippen LogP contribution is -2.32. The van der Waals surface area contributed by atoms with Gasteiger partial charge in [0, 0.05) is 18.7 Å². The van der Waals surface area contributed by atoms with E-state index in [2.05, 4.69) is 0 Å². The number of likely N-dealkylation sites (N-methyl/N-ethyl adjacent to an activating group) is 1. The quantitative estimate of drug-likeness (QED) is 0.795. The first kappa shape index (κ1) is 12.6. The Kier molecular flexibility index (Phi) is 4.01. The lowest BCUT2D eigenvalue weighted by atomic mass is 10.1. The fourth-order valence-corrected chi connectivity index (χ4v) is 1.37. The Labute approximate surface area is 94.5 Å². The van der Waals surface area contributed by atoms with E-state index in [4.69, 9.17) is 5.11 Å². The Balaban J connectivity index is 3.03. The molecule has 3 nitrogen and oxygen atoms in total. The molecule has 0 amide bonds. The molecule has 1 N–H and O–H groups in total. The number of anilines is 1. The van der Waals surface area contributed by atoms with Crippen LogP contribution in [-0.4, -0.2) is 30.6 Å². The molecule has 1 aromatic rings. The number of carbonyl (C=O) groups excluding carboxylic acids is 1. The number of ketones is 1. The van der Waals surface area contributed by atoms with Crippen molar-refractivity contribution < 1.29 is 14.3 Å². The minimum Gasteiger partial charge on any atom is -0.394 e. The van der Waals surface area contributed by atoms with Crippen molar-refractivity contribution in [1.29, 1.82) is 0 Å². The average molecular weight is 225 g/mol. The summed E-state index contributed by atoms with van der Waals surface area (Å²) in [6.07, 6.45) is 0. The summed E-state index contributed by atoms with van der Waals surface area (Å²) in [7, 11) is 1.70. The zero-order chi connectivity index (χ0) is 12.3. The molecule has 16 heavy (non-hydrogen) atoms. The van der Waals surface area contributed by atoms with Crippen molar-refractivity contribution in [1.82, 2.24) is 0 Å². The van der Waals surface area contributed by atoms with Crippen molar-refractivity contribution in [2.24, 2.45) is 0 Å². The average Bonchev–Trinajstić information content (AvgIpc) is 2.26. The second-order valence-corrected chi connectivity index (χ2v) is 3.86. The summed E-state index contributed by atoms with van der Waals surface area (Å²) in [4.78, 5) is 12.7. The van der Waals surface area contributed by atoms with Crippen molar-refractivity contribution in [3.8, 4) is 0 Å². The first-order chi connectivity index (χ1) is 7.47. The Morgan fingerprint density at radius 3 is 2.62 bits per heavy atom. The number of rotatable bonds is 4. The third-order valence-corrected chi connectivity index (χ3v) is 2.66. The van der Waals surface area contributed by atoms with Gasteiger partial charge in [0.05, 0.1) is 12.3 Å². The molecule has 0 radical (unpaired) electrons. The van der Waals surface area contributed by atoms with Crippen LogP contribution in [0.3, 0.4) is 0 Å². The van der Waals surface area contributed by atoms with Crippen LogP contribution in [0, 0.1) is 5.82 Å². The zero-order valence-electron chi connectivity index (χ0n) is 9.70. The molecule has 1 atom stereocenters. The lowest BCUT2D eigenvalue weighted by Gasteiger charge is -2.25. The van der Waals surface area contributed by atoms with E-state index < -0.39 is 5.82 Å². The number of aliphatic hydroxyl groups is 1. The van der Waals surface area contributed by atoms with Crippen LogP contribution in [0.15, 0.2) is 18.2 Å². The highest BCUT2D eigenvalue weighted by molar-refractivity contribution is 5.94. The van der Waals surface area contributed by atoms with Crippen LogP contribution in [0.25, 0.3) is 0 Å². The maximum absolute atomic E-state index is 13.7. The van der Waals surface area contributed by atoms with Gasteiger partial charge in [-0.25, -0.2) is 4.39 Å². The molecule has 4 heteroatoms. The first-order valence-corrected chi connectivity index (χ1v) is 5.11. The lowest BCUT2D eigenvalue weighted by molar-refractivity contribution is 0.101. The van der Waals surface area contributed by atoms with Gasteiger partial charge in [-0.1, -0.05) is 0 Å². The molecular weight excluding hydrogens is 209 g/mol. The summed E-state index contributed by atoms with van der Waals surface area (Å²) in [6.45, 7) is 3.14. The van der Waals surface area contributed by atoms with Crippen LogP contribution in [0.2, 0.25) is 0 Å². The van der Waals surface area contributed by atoms with Crippen LogP contribution in [0.4, 0.5) is 10.1 Å². The number of benzene rings is 1. The molecule has 0 bridgehead atoms. The van der Waals surface area contributed by atoms with Gasteiger partial charge in [0.2, 0.25) is 0 Å². The molecule has 1 rings (SSSR count). The van der Waals surface area contributed by atoms with Crippen LogP contribution < -0.4 is 4.90 Å². The Morgan fingerprint density at radius 1 is 1.56 bits per heavy atom. The van der Waals surface area contributed by atoms with Gasteiger partial charge in [0.25, 0.3) is 0 Å². The second-order valence-electron chi connectivity index (χ2n) is 3.86. The highest BCUT2D eigenvalue weighted by Crippen LogP contribution is 2.21. The van der Waals surface area contributed by atoms with E-state index in [9.17, 15) is 9.18 Å². The van der Waals surface area contributed by atoms with Crippen molar-refractivity contribution in [3.63, 3.8) is 0 Å². The molecule has 0 aliphatic rings. The second kappa shape index (κ2) is 5.07. The molecule has 0 spiro atoms. The van der Waals surface area contributed by atoms with E-state index in [1.54, 1.807) is 31.0 Å². The molecule has 0 aliphatic carbocycles. The molecule has 0 aromatic heterocycles. The summed E-state index contributed by atoms with van der Waals surface area (Å²) in [5.41, 5.74) is 0.734. The van der Waals surface area contributed by atoms with Gasteiger partial charge in [-0.2, -0.15) is 0 Å². The molecular formula is C12H16FNO2. The molecule has 0 aliphatic heterocycles. The smallest absolute Gasteiger partial charge is 0.159 e. The molecule has 0 saturated carbocycles. The number of Topliss-reactive ketones (excluding diaryl/α,β-unsaturated/α-hetero) is 1. The van der Waals surface area contributed by atoms with E-state index in [1.807, 2.05) is 0 Å². The minimum absolute atomic E-state index is 0.0512. The number of nitrogens with zero attached hydrogens (tertiary/aromatic N) is 1. The molecule has 0 saturated heterocycles.